The molecule has 1 aromatic rings. The highest BCUT2D eigenvalue weighted by atomic mass is 16.5. The summed E-state index contributed by atoms with van der Waals surface area (Å²) in [6.07, 6.45) is 5.71. The van der Waals surface area contributed by atoms with Crippen molar-refractivity contribution in [1.29, 1.82) is 0 Å². The van der Waals surface area contributed by atoms with Crippen LogP contribution in [-0.2, 0) is 20.8 Å². The maximum absolute atomic E-state index is 12.3. The van der Waals surface area contributed by atoms with E-state index in [1.165, 1.54) is 19.3 Å². The van der Waals surface area contributed by atoms with E-state index in [-0.39, 0.29) is 12.0 Å². The molecule has 0 radical (unpaired) electrons. The minimum Gasteiger partial charge on any atom is -0.383 e. The van der Waals surface area contributed by atoms with Crippen LogP contribution >= 0.6 is 0 Å². The Kier molecular flexibility index (Phi) is 6.71. The normalized spacial score (nSPS) is 22.8. The third kappa shape index (κ3) is 5.20. The van der Waals surface area contributed by atoms with Gasteiger partial charge < -0.3 is 14.8 Å². The molecule has 1 atom stereocenters. The van der Waals surface area contributed by atoms with E-state index in [0.29, 0.717) is 44.7 Å². The number of methoxy groups -OCH3 is 1. The van der Waals surface area contributed by atoms with Crippen LogP contribution in [0.1, 0.15) is 44.0 Å². The lowest BCUT2D eigenvalue weighted by molar-refractivity contribution is -0.125. The number of aromatic nitrogens is 4. The summed E-state index contributed by atoms with van der Waals surface area (Å²) in [6.45, 7) is 3.45. The van der Waals surface area contributed by atoms with Crippen molar-refractivity contribution < 1.29 is 14.3 Å². The lowest BCUT2D eigenvalue weighted by atomic mass is 9.95. The quantitative estimate of drug-likeness (QED) is 0.746. The second-order valence-corrected chi connectivity index (χ2v) is 6.75. The number of morpholine rings is 1. The summed E-state index contributed by atoms with van der Waals surface area (Å²) < 4.78 is 12.6. The number of tetrazole rings is 1. The molecule has 0 aromatic carbocycles. The minimum absolute atomic E-state index is 0.103. The summed E-state index contributed by atoms with van der Waals surface area (Å²) in [5, 5.41) is 15.0. The Bertz CT molecular complexity index is 546. The summed E-state index contributed by atoms with van der Waals surface area (Å²) in [6, 6.07) is 0.347. The second kappa shape index (κ2) is 9.21. The van der Waals surface area contributed by atoms with Crippen LogP contribution < -0.4 is 5.32 Å². The monoisotopic (exact) mass is 352 g/mol. The van der Waals surface area contributed by atoms with E-state index in [4.69, 9.17) is 9.47 Å². The van der Waals surface area contributed by atoms with Crippen molar-refractivity contribution >= 4 is 5.91 Å². The predicted octanol–water partition coefficient (Wildman–Crippen LogP) is 0.142. The van der Waals surface area contributed by atoms with Gasteiger partial charge in [0.2, 0.25) is 5.91 Å². The molecule has 2 fully saturated rings. The number of amides is 1. The van der Waals surface area contributed by atoms with Crippen LogP contribution in [0, 0.1) is 0 Å². The molecule has 0 spiro atoms. The highest BCUT2D eigenvalue weighted by Gasteiger charge is 2.28. The van der Waals surface area contributed by atoms with Crippen LogP contribution in [0.15, 0.2) is 0 Å². The summed E-state index contributed by atoms with van der Waals surface area (Å²) in [5.74, 6) is 0.793. The van der Waals surface area contributed by atoms with Gasteiger partial charge >= 0.3 is 0 Å². The molecule has 140 valence electrons. The molecule has 1 N–H and O–H groups in total. The molecular weight excluding hydrogens is 324 g/mol. The maximum atomic E-state index is 12.3. The Morgan fingerprint density at radius 1 is 1.36 bits per heavy atom. The van der Waals surface area contributed by atoms with E-state index in [1.54, 1.807) is 11.8 Å². The molecule has 2 heterocycles. The molecule has 1 unspecified atom stereocenters. The Morgan fingerprint density at radius 2 is 2.20 bits per heavy atom. The molecule has 3 rings (SSSR count). The SMILES string of the molecule is COCCn1nnnc1C1CN(CC(=O)NC2CCCCC2)CCO1. The number of nitrogens with one attached hydrogen (secondary N) is 1. The van der Waals surface area contributed by atoms with Crippen molar-refractivity contribution in [3.63, 3.8) is 0 Å². The fourth-order valence-electron chi connectivity index (χ4n) is 3.50. The molecule has 1 aliphatic carbocycles. The first-order valence-electron chi connectivity index (χ1n) is 9.14. The zero-order valence-electron chi connectivity index (χ0n) is 14.9. The van der Waals surface area contributed by atoms with Crippen molar-refractivity contribution in [2.45, 2.75) is 50.8 Å². The molecule has 1 saturated heterocycles. The second-order valence-electron chi connectivity index (χ2n) is 6.75. The van der Waals surface area contributed by atoms with Gasteiger partial charge in [-0.05, 0) is 23.3 Å². The number of hydrogen-bond donors (Lipinski definition) is 1. The standard InChI is InChI=1S/C16H28N6O3/c1-24-9-8-22-16(18-19-20-22)14-11-21(7-10-25-14)12-15(23)17-13-5-3-2-4-6-13/h13-14H,2-12H2,1H3,(H,17,23). The Balaban J connectivity index is 1.50. The van der Waals surface area contributed by atoms with E-state index in [0.717, 1.165) is 19.4 Å². The first kappa shape index (κ1) is 18.2. The molecule has 1 saturated carbocycles. The average molecular weight is 352 g/mol. The van der Waals surface area contributed by atoms with Crippen molar-refractivity contribution in [2.24, 2.45) is 0 Å². The van der Waals surface area contributed by atoms with Gasteiger partial charge in [0.15, 0.2) is 5.82 Å². The van der Waals surface area contributed by atoms with E-state index >= 15 is 0 Å². The Labute approximate surface area is 148 Å². The van der Waals surface area contributed by atoms with Crippen molar-refractivity contribution in [2.75, 3.05) is 40.0 Å². The highest BCUT2D eigenvalue weighted by Crippen LogP contribution is 2.20. The van der Waals surface area contributed by atoms with Gasteiger partial charge in [-0.1, -0.05) is 19.3 Å². The highest BCUT2D eigenvalue weighted by molar-refractivity contribution is 5.78. The molecule has 25 heavy (non-hydrogen) atoms. The first-order chi connectivity index (χ1) is 12.3. The molecule has 1 aliphatic heterocycles. The van der Waals surface area contributed by atoms with Crippen molar-refractivity contribution in [1.82, 2.24) is 30.4 Å². The van der Waals surface area contributed by atoms with Gasteiger partial charge in [-0.2, -0.15) is 0 Å². The molecular formula is C16H28N6O3. The zero-order chi connectivity index (χ0) is 17.5. The van der Waals surface area contributed by atoms with E-state index in [9.17, 15) is 4.79 Å². The van der Waals surface area contributed by atoms with E-state index in [1.807, 2.05) is 0 Å². The molecule has 0 bridgehead atoms. The van der Waals surface area contributed by atoms with Crippen LogP contribution in [0.3, 0.4) is 0 Å². The van der Waals surface area contributed by atoms with Crippen LogP contribution in [0.5, 0.6) is 0 Å². The number of carbonyl (C=O) groups excluding carboxylic acids is 1. The molecule has 1 amide bonds. The zero-order valence-corrected chi connectivity index (χ0v) is 14.9. The maximum Gasteiger partial charge on any atom is 0.234 e. The minimum atomic E-state index is -0.219. The summed E-state index contributed by atoms with van der Waals surface area (Å²) in [5.41, 5.74) is 0. The first-order valence-corrected chi connectivity index (χ1v) is 9.14. The van der Waals surface area contributed by atoms with Crippen LogP contribution in [0.25, 0.3) is 0 Å². The summed E-state index contributed by atoms with van der Waals surface area (Å²) >= 11 is 0. The molecule has 9 heteroatoms. The number of nitrogens with zero attached hydrogens (tertiary/aromatic N) is 5. The van der Waals surface area contributed by atoms with Gasteiger partial charge in [-0.25, -0.2) is 4.68 Å². The third-order valence-corrected chi connectivity index (χ3v) is 4.84. The van der Waals surface area contributed by atoms with E-state index < -0.39 is 0 Å². The van der Waals surface area contributed by atoms with Crippen LogP contribution in [0.2, 0.25) is 0 Å². The Morgan fingerprint density at radius 3 is 3.00 bits per heavy atom. The predicted molar refractivity (Wildman–Crippen MR) is 89.8 cm³/mol. The van der Waals surface area contributed by atoms with Gasteiger partial charge in [0, 0.05) is 26.2 Å². The van der Waals surface area contributed by atoms with Crippen LogP contribution in [-0.4, -0.2) is 77.0 Å². The largest absolute Gasteiger partial charge is 0.383 e. The van der Waals surface area contributed by atoms with Gasteiger partial charge in [0.25, 0.3) is 0 Å². The summed E-state index contributed by atoms with van der Waals surface area (Å²) in [4.78, 5) is 14.4. The van der Waals surface area contributed by atoms with Gasteiger partial charge in [0.1, 0.15) is 6.10 Å². The van der Waals surface area contributed by atoms with Gasteiger partial charge in [-0.15, -0.1) is 5.10 Å². The summed E-state index contributed by atoms with van der Waals surface area (Å²) in [7, 11) is 1.65. The van der Waals surface area contributed by atoms with Crippen molar-refractivity contribution in [3.8, 4) is 0 Å². The number of carbonyl (C=O) groups is 1. The number of rotatable bonds is 7. The molecule has 1 aromatic heterocycles. The number of ether oxygens (including phenoxy) is 2. The van der Waals surface area contributed by atoms with Gasteiger partial charge in [-0.3, -0.25) is 9.69 Å². The van der Waals surface area contributed by atoms with Gasteiger partial charge in [0.05, 0.1) is 26.3 Å². The lowest BCUT2D eigenvalue weighted by Crippen LogP contribution is -2.47. The average Bonchev–Trinajstić information content (AvgIpc) is 3.09. The van der Waals surface area contributed by atoms with Crippen LogP contribution in [0.4, 0.5) is 0 Å². The molecule has 2 aliphatic rings. The van der Waals surface area contributed by atoms with E-state index in [2.05, 4.69) is 25.7 Å². The third-order valence-electron chi connectivity index (χ3n) is 4.84. The topological polar surface area (TPSA) is 94.4 Å². The fourth-order valence-corrected chi connectivity index (χ4v) is 3.50. The Hall–Kier alpha value is -1.58. The molecule has 9 nitrogen and oxygen atoms in total. The smallest absolute Gasteiger partial charge is 0.234 e. The number of hydrogen-bond acceptors (Lipinski definition) is 7. The van der Waals surface area contributed by atoms with Crippen molar-refractivity contribution in [3.05, 3.63) is 5.82 Å². The lowest BCUT2D eigenvalue weighted by Gasteiger charge is -2.32. The fraction of sp³-hybridized carbons (Fsp3) is 0.875.